The molecular formula is C24H18Cl3FN2O2. The molecular weight excluding hydrogens is 474 g/mol. The Kier molecular flexibility index (Phi) is 6.17. The number of nitrogens with one attached hydrogen (secondary N) is 1. The van der Waals surface area contributed by atoms with E-state index in [1.807, 2.05) is 30.3 Å². The molecule has 2 atom stereocenters. The van der Waals surface area contributed by atoms with Crippen LogP contribution in [0.3, 0.4) is 0 Å². The van der Waals surface area contributed by atoms with E-state index in [4.69, 9.17) is 34.8 Å². The van der Waals surface area contributed by atoms with Crippen LogP contribution in [0.25, 0.3) is 0 Å². The molecule has 0 aromatic heterocycles. The van der Waals surface area contributed by atoms with E-state index in [0.29, 0.717) is 11.4 Å². The zero-order valence-corrected chi connectivity index (χ0v) is 19.1. The predicted molar refractivity (Wildman–Crippen MR) is 126 cm³/mol. The van der Waals surface area contributed by atoms with Gasteiger partial charge in [0.15, 0.2) is 0 Å². The van der Waals surface area contributed by atoms with Crippen molar-refractivity contribution >= 4 is 58.0 Å². The minimum Gasteiger partial charge on any atom is -0.326 e. The molecule has 8 heteroatoms. The molecule has 2 amide bonds. The van der Waals surface area contributed by atoms with E-state index in [2.05, 4.69) is 5.32 Å². The highest BCUT2D eigenvalue weighted by Gasteiger charge is 2.67. The number of anilines is 2. The Morgan fingerprint density at radius 3 is 2.31 bits per heavy atom. The Bertz CT molecular complexity index is 1170. The highest BCUT2D eigenvalue weighted by Crippen LogP contribution is 2.65. The second kappa shape index (κ2) is 8.74. The van der Waals surface area contributed by atoms with Gasteiger partial charge in [-0.3, -0.25) is 9.59 Å². The normalized spacial score (nSPS) is 18.7. The van der Waals surface area contributed by atoms with Gasteiger partial charge in [-0.1, -0.05) is 41.9 Å². The number of halogens is 4. The largest absolute Gasteiger partial charge is 0.326 e. The molecule has 4 rings (SSSR count). The van der Waals surface area contributed by atoms with Gasteiger partial charge in [0, 0.05) is 24.3 Å². The Morgan fingerprint density at radius 1 is 1.00 bits per heavy atom. The molecule has 1 aliphatic carbocycles. The van der Waals surface area contributed by atoms with Crippen molar-refractivity contribution < 1.29 is 14.0 Å². The van der Waals surface area contributed by atoms with Gasteiger partial charge in [0.05, 0.1) is 16.5 Å². The van der Waals surface area contributed by atoms with Gasteiger partial charge in [-0.2, -0.15) is 0 Å². The minimum absolute atomic E-state index is 0.190. The fraction of sp³-hybridized carbons (Fsp3) is 0.167. The molecule has 3 aromatic rings. The SMILES string of the molecule is CN(C(=O)c1cc(NC(=O)[C@H]2[C@H](c3ccccc3)C2(Cl)Cl)ccc1Cl)c1ccc(F)cc1. The van der Waals surface area contributed by atoms with Gasteiger partial charge in [0.25, 0.3) is 5.91 Å². The highest BCUT2D eigenvalue weighted by atomic mass is 35.5. The molecule has 1 fully saturated rings. The van der Waals surface area contributed by atoms with Gasteiger partial charge in [-0.15, -0.1) is 23.2 Å². The van der Waals surface area contributed by atoms with Crippen LogP contribution in [0.1, 0.15) is 21.8 Å². The first kappa shape index (κ1) is 22.6. The Labute approximate surface area is 199 Å². The topological polar surface area (TPSA) is 49.4 Å². The van der Waals surface area contributed by atoms with E-state index in [0.717, 1.165) is 5.56 Å². The average Bonchev–Trinajstić information content (AvgIpc) is 3.37. The molecule has 0 saturated heterocycles. The molecule has 0 aliphatic heterocycles. The molecule has 0 spiro atoms. The summed E-state index contributed by atoms with van der Waals surface area (Å²) in [4.78, 5) is 27.2. The molecule has 164 valence electrons. The standard InChI is InChI=1S/C24H18Cl3FN2O2/c1-30(17-10-7-15(28)8-11-17)23(32)18-13-16(9-12-19(18)25)29-22(31)21-20(24(21,26)27)14-5-3-2-4-6-14/h2-13,20-21H,1H3,(H,29,31)/t20-,21+/m0/s1. The van der Waals surface area contributed by atoms with E-state index >= 15 is 0 Å². The third kappa shape index (κ3) is 4.33. The van der Waals surface area contributed by atoms with Crippen LogP contribution in [0.15, 0.2) is 72.8 Å². The summed E-state index contributed by atoms with van der Waals surface area (Å²) in [5, 5.41) is 3.00. The van der Waals surface area contributed by atoms with Crippen LogP contribution < -0.4 is 10.2 Å². The van der Waals surface area contributed by atoms with Crippen LogP contribution in [0, 0.1) is 11.7 Å². The van der Waals surface area contributed by atoms with Gasteiger partial charge in [0.2, 0.25) is 5.91 Å². The van der Waals surface area contributed by atoms with Gasteiger partial charge in [-0.25, -0.2) is 4.39 Å². The lowest BCUT2D eigenvalue weighted by Crippen LogP contribution is -2.26. The number of benzene rings is 3. The smallest absolute Gasteiger partial charge is 0.259 e. The van der Waals surface area contributed by atoms with Gasteiger partial charge in [0.1, 0.15) is 10.2 Å². The number of carbonyl (C=O) groups is 2. The first-order valence-electron chi connectivity index (χ1n) is 9.77. The molecule has 4 nitrogen and oxygen atoms in total. The Balaban J connectivity index is 1.52. The van der Waals surface area contributed by atoms with Crippen LogP contribution in [0.4, 0.5) is 15.8 Å². The number of alkyl halides is 2. The summed E-state index contributed by atoms with van der Waals surface area (Å²) in [7, 11) is 1.56. The summed E-state index contributed by atoms with van der Waals surface area (Å²) in [6.45, 7) is 0. The maximum absolute atomic E-state index is 13.2. The first-order valence-corrected chi connectivity index (χ1v) is 10.9. The number of hydrogen-bond donors (Lipinski definition) is 1. The molecule has 0 heterocycles. The summed E-state index contributed by atoms with van der Waals surface area (Å²) < 4.78 is 12.0. The van der Waals surface area contributed by atoms with Crippen molar-refractivity contribution in [3.8, 4) is 0 Å². The molecule has 1 N–H and O–H groups in total. The van der Waals surface area contributed by atoms with E-state index in [1.165, 1.54) is 41.3 Å². The van der Waals surface area contributed by atoms with Crippen LogP contribution in [-0.4, -0.2) is 23.2 Å². The van der Waals surface area contributed by atoms with Crippen molar-refractivity contribution in [1.82, 2.24) is 0 Å². The first-order chi connectivity index (χ1) is 15.2. The maximum atomic E-state index is 13.2. The fourth-order valence-electron chi connectivity index (χ4n) is 3.68. The van der Waals surface area contributed by atoms with Crippen molar-refractivity contribution in [2.45, 2.75) is 10.3 Å². The van der Waals surface area contributed by atoms with E-state index in [-0.39, 0.29) is 22.4 Å². The minimum atomic E-state index is -1.21. The van der Waals surface area contributed by atoms with Crippen molar-refractivity contribution in [1.29, 1.82) is 0 Å². The second-order valence-corrected chi connectivity index (χ2v) is 9.42. The lowest BCUT2D eigenvalue weighted by molar-refractivity contribution is -0.117. The Morgan fingerprint density at radius 2 is 1.66 bits per heavy atom. The van der Waals surface area contributed by atoms with Crippen molar-refractivity contribution in [3.63, 3.8) is 0 Å². The molecule has 3 aromatic carbocycles. The zero-order chi connectivity index (χ0) is 23.0. The summed E-state index contributed by atoms with van der Waals surface area (Å²) in [6.07, 6.45) is 0. The summed E-state index contributed by atoms with van der Waals surface area (Å²) in [6, 6.07) is 19.5. The molecule has 32 heavy (non-hydrogen) atoms. The number of hydrogen-bond acceptors (Lipinski definition) is 2. The number of nitrogens with zero attached hydrogens (tertiary/aromatic N) is 1. The maximum Gasteiger partial charge on any atom is 0.259 e. The van der Waals surface area contributed by atoms with Crippen LogP contribution in [0.5, 0.6) is 0 Å². The lowest BCUT2D eigenvalue weighted by Gasteiger charge is -2.18. The zero-order valence-electron chi connectivity index (χ0n) is 16.9. The predicted octanol–water partition coefficient (Wildman–Crippen LogP) is 6.28. The summed E-state index contributed by atoms with van der Waals surface area (Å²) in [5.41, 5.74) is 1.96. The van der Waals surface area contributed by atoms with Crippen LogP contribution in [0.2, 0.25) is 5.02 Å². The lowest BCUT2D eigenvalue weighted by atomic mass is 10.1. The molecule has 1 aliphatic rings. The fourth-order valence-corrected chi connectivity index (χ4v) is 4.70. The number of carbonyl (C=O) groups excluding carboxylic acids is 2. The molecule has 0 unspecified atom stereocenters. The van der Waals surface area contributed by atoms with E-state index in [1.54, 1.807) is 13.1 Å². The summed E-state index contributed by atoms with van der Waals surface area (Å²) >= 11 is 19.0. The van der Waals surface area contributed by atoms with Crippen LogP contribution in [-0.2, 0) is 4.79 Å². The monoisotopic (exact) mass is 490 g/mol. The molecule has 0 bridgehead atoms. The highest BCUT2D eigenvalue weighted by molar-refractivity contribution is 6.53. The van der Waals surface area contributed by atoms with Gasteiger partial charge < -0.3 is 10.2 Å². The van der Waals surface area contributed by atoms with Crippen molar-refractivity contribution in [3.05, 3.63) is 94.8 Å². The molecule has 0 radical (unpaired) electrons. The van der Waals surface area contributed by atoms with E-state index in [9.17, 15) is 14.0 Å². The van der Waals surface area contributed by atoms with Crippen molar-refractivity contribution in [2.75, 3.05) is 17.3 Å². The average molecular weight is 492 g/mol. The quantitative estimate of drug-likeness (QED) is 0.427. The third-order valence-electron chi connectivity index (χ3n) is 5.48. The summed E-state index contributed by atoms with van der Waals surface area (Å²) in [5.74, 6) is -2.12. The second-order valence-electron chi connectivity index (χ2n) is 7.57. The number of amides is 2. The number of rotatable bonds is 5. The van der Waals surface area contributed by atoms with E-state index < -0.39 is 22.0 Å². The van der Waals surface area contributed by atoms with Gasteiger partial charge >= 0.3 is 0 Å². The molecule has 1 saturated carbocycles. The van der Waals surface area contributed by atoms with Gasteiger partial charge in [-0.05, 0) is 48.0 Å². The third-order valence-corrected chi connectivity index (χ3v) is 6.75. The Hall–Kier alpha value is -2.60. The van der Waals surface area contributed by atoms with Crippen molar-refractivity contribution in [2.24, 2.45) is 5.92 Å². The van der Waals surface area contributed by atoms with Crippen LogP contribution >= 0.6 is 34.8 Å².